The van der Waals surface area contributed by atoms with Crippen LogP contribution in [-0.4, -0.2) is 63.1 Å². The summed E-state index contributed by atoms with van der Waals surface area (Å²) in [5.41, 5.74) is 2.09. The minimum atomic E-state index is -1.60. The Labute approximate surface area is 75.4 Å². The number of hydrazine groups is 1. The van der Waals surface area contributed by atoms with Gasteiger partial charge >= 0.3 is 0 Å². The van der Waals surface area contributed by atoms with Gasteiger partial charge < -0.3 is 25.5 Å². The molecule has 0 bridgehead atoms. The molecule has 0 saturated carbocycles. The lowest BCUT2D eigenvalue weighted by Crippen LogP contribution is -2.49. The zero-order valence-electron chi connectivity index (χ0n) is 7.04. The Morgan fingerprint density at radius 1 is 1.00 bits per heavy atom. The van der Waals surface area contributed by atoms with E-state index in [2.05, 4.69) is 5.43 Å². The Kier molecular flexibility index (Phi) is 6.08. The molecule has 0 fully saturated rings. The average molecular weight is 196 g/mol. The van der Waals surface area contributed by atoms with Crippen molar-refractivity contribution in [3.05, 3.63) is 0 Å². The van der Waals surface area contributed by atoms with Crippen LogP contribution in [0.1, 0.15) is 0 Å². The molecular weight excluding hydrogens is 180 g/mol. The Balaban J connectivity index is 3.99. The zero-order valence-corrected chi connectivity index (χ0v) is 7.04. The maximum absolute atomic E-state index is 9.15. The highest BCUT2D eigenvalue weighted by Gasteiger charge is 2.29. The fraction of sp³-hybridized carbons (Fsp3) is 1.00. The van der Waals surface area contributed by atoms with E-state index >= 15 is 0 Å². The summed E-state index contributed by atoms with van der Waals surface area (Å²) in [6.07, 6.45) is -5.95. The number of nitrogens with two attached hydrogens (primary N) is 1. The van der Waals surface area contributed by atoms with Crippen LogP contribution in [0.25, 0.3) is 0 Å². The van der Waals surface area contributed by atoms with Gasteiger partial charge in [-0.25, -0.2) is 0 Å². The van der Waals surface area contributed by atoms with Crippen LogP contribution in [0.5, 0.6) is 0 Å². The normalized spacial score (nSPS) is 20.8. The second kappa shape index (κ2) is 6.22. The van der Waals surface area contributed by atoms with Crippen LogP contribution in [-0.2, 0) is 0 Å². The number of hydrogen-bond donors (Lipinski definition) is 7. The first-order chi connectivity index (χ1) is 6.04. The number of aliphatic hydroxyl groups is 5. The molecule has 0 saturated heterocycles. The highest BCUT2D eigenvalue weighted by Crippen LogP contribution is 2.03. The minimum absolute atomic E-state index is 0.129. The fourth-order valence-corrected chi connectivity index (χ4v) is 0.805. The number of nitrogens with one attached hydrogen (secondary N) is 1. The highest BCUT2D eigenvalue weighted by molar-refractivity contribution is 4.80. The molecule has 0 heterocycles. The molecule has 0 unspecified atom stereocenters. The fourth-order valence-electron chi connectivity index (χ4n) is 0.805. The molecule has 13 heavy (non-hydrogen) atoms. The summed E-state index contributed by atoms with van der Waals surface area (Å²) in [4.78, 5) is 0. The number of aliphatic hydroxyl groups excluding tert-OH is 5. The SMILES string of the molecule is NNC[C@H](O)[C@H](O)[C@@H](O)[C@H](O)CO. The van der Waals surface area contributed by atoms with Gasteiger partial charge in [0.1, 0.15) is 18.3 Å². The summed E-state index contributed by atoms with van der Waals surface area (Å²) < 4.78 is 0. The summed E-state index contributed by atoms with van der Waals surface area (Å²) in [5.74, 6) is 4.86. The van der Waals surface area contributed by atoms with E-state index in [0.717, 1.165) is 0 Å². The Morgan fingerprint density at radius 3 is 1.85 bits per heavy atom. The van der Waals surface area contributed by atoms with Gasteiger partial charge in [0.25, 0.3) is 0 Å². The van der Waals surface area contributed by atoms with Gasteiger partial charge in [-0.2, -0.15) is 0 Å². The molecule has 7 heteroatoms. The van der Waals surface area contributed by atoms with Crippen molar-refractivity contribution in [1.29, 1.82) is 0 Å². The number of rotatable bonds is 6. The van der Waals surface area contributed by atoms with Gasteiger partial charge in [-0.05, 0) is 0 Å². The predicted octanol–water partition coefficient (Wildman–Crippen LogP) is -4.11. The molecule has 0 amide bonds. The van der Waals surface area contributed by atoms with Crippen molar-refractivity contribution in [2.24, 2.45) is 5.84 Å². The lowest BCUT2D eigenvalue weighted by Gasteiger charge is -2.25. The van der Waals surface area contributed by atoms with Gasteiger partial charge in [-0.1, -0.05) is 0 Å². The maximum Gasteiger partial charge on any atom is 0.111 e. The number of hydrogen-bond acceptors (Lipinski definition) is 7. The summed E-state index contributed by atoms with van der Waals surface area (Å²) in [7, 11) is 0. The van der Waals surface area contributed by atoms with Crippen LogP contribution in [0.2, 0.25) is 0 Å². The predicted molar refractivity (Wildman–Crippen MR) is 43.3 cm³/mol. The van der Waals surface area contributed by atoms with Gasteiger partial charge in [-0.3, -0.25) is 11.3 Å². The molecule has 0 aliphatic heterocycles. The third-order valence-electron chi connectivity index (χ3n) is 1.65. The standard InChI is InChI=1S/C6H16N2O5/c7-8-1-3(10)5(12)6(13)4(11)2-9/h3-6,8-13H,1-2,7H2/t3-,4+,5-,6-/m0/s1. The molecule has 0 aliphatic carbocycles. The molecular formula is C6H16N2O5. The molecule has 4 atom stereocenters. The van der Waals surface area contributed by atoms with Gasteiger partial charge in [-0.15, -0.1) is 0 Å². The average Bonchev–Trinajstić information content (AvgIpc) is 2.14. The van der Waals surface area contributed by atoms with Crippen LogP contribution in [0.3, 0.4) is 0 Å². The van der Waals surface area contributed by atoms with E-state index in [0.29, 0.717) is 0 Å². The third kappa shape index (κ3) is 3.96. The topological polar surface area (TPSA) is 139 Å². The van der Waals surface area contributed by atoms with Crippen molar-refractivity contribution >= 4 is 0 Å². The van der Waals surface area contributed by atoms with Gasteiger partial charge in [0, 0.05) is 6.54 Å². The molecule has 0 spiro atoms. The summed E-state index contributed by atoms with van der Waals surface area (Å²) in [6.45, 7) is -0.822. The first kappa shape index (κ1) is 12.7. The van der Waals surface area contributed by atoms with Gasteiger partial charge in [0.05, 0.1) is 12.7 Å². The molecule has 0 aromatic heterocycles. The lowest BCUT2D eigenvalue weighted by atomic mass is 10.0. The zero-order chi connectivity index (χ0) is 10.4. The van der Waals surface area contributed by atoms with E-state index in [9.17, 15) is 0 Å². The van der Waals surface area contributed by atoms with Crippen molar-refractivity contribution in [2.45, 2.75) is 24.4 Å². The first-order valence-corrected chi connectivity index (χ1v) is 3.81. The molecule has 7 nitrogen and oxygen atoms in total. The van der Waals surface area contributed by atoms with Crippen molar-refractivity contribution < 1.29 is 25.5 Å². The second-order valence-corrected chi connectivity index (χ2v) is 2.71. The van der Waals surface area contributed by atoms with Gasteiger partial charge in [0.15, 0.2) is 0 Å². The summed E-state index contributed by atoms with van der Waals surface area (Å²) in [6, 6.07) is 0. The Morgan fingerprint density at radius 2 is 1.46 bits per heavy atom. The molecule has 0 aromatic rings. The monoisotopic (exact) mass is 196 g/mol. The molecule has 0 aromatic carbocycles. The quantitative estimate of drug-likeness (QED) is 0.169. The van der Waals surface area contributed by atoms with E-state index in [-0.39, 0.29) is 6.54 Å². The van der Waals surface area contributed by atoms with Crippen molar-refractivity contribution in [3.8, 4) is 0 Å². The molecule has 0 aliphatic rings. The van der Waals surface area contributed by atoms with E-state index in [1.54, 1.807) is 0 Å². The molecule has 0 radical (unpaired) electrons. The van der Waals surface area contributed by atoms with Crippen LogP contribution in [0.15, 0.2) is 0 Å². The van der Waals surface area contributed by atoms with Crippen molar-refractivity contribution in [2.75, 3.05) is 13.2 Å². The third-order valence-corrected chi connectivity index (χ3v) is 1.65. The van der Waals surface area contributed by atoms with E-state index in [4.69, 9.17) is 31.4 Å². The van der Waals surface area contributed by atoms with Crippen molar-refractivity contribution in [1.82, 2.24) is 5.43 Å². The molecule has 8 N–H and O–H groups in total. The van der Waals surface area contributed by atoms with Crippen LogP contribution >= 0.6 is 0 Å². The van der Waals surface area contributed by atoms with Crippen LogP contribution < -0.4 is 11.3 Å². The second-order valence-electron chi connectivity index (χ2n) is 2.71. The molecule has 0 rings (SSSR count). The Bertz CT molecular complexity index is 136. The largest absolute Gasteiger partial charge is 0.394 e. The van der Waals surface area contributed by atoms with E-state index < -0.39 is 31.0 Å². The lowest BCUT2D eigenvalue weighted by molar-refractivity contribution is -0.113. The minimum Gasteiger partial charge on any atom is -0.394 e. The van der Waals surface area contributed by atoms with Crippen LogP contribution in [0, 0.1) is 0 Å². The maximum atomic E-state index is 9.15. The first-order valence-electron chi connectivity index (χ1n) is 3.81. The van der Waals surface area contributed by atoms with E-state index in [1.807, 2.05) is 0 Å². The van der Waals surface area contributed by atoms with Gasteiger partial charge in [0.2, 0.25) is 0 Å². The Hall–Kier alpha value is -0.280. The smallest absolute Gasteiger partial charge is 0.111 e. The summed E-state index contributed by atoms with van der Waals surface area (Å²) >= 11 is 0. The molecule has 80 valence electrons. The van der Waals surface area contributed by atoms with E-state index in [1.165, 1.54) is 0 Å². The summed E-state index contributed by atoms with van der Waals surface area (Å²) in [5, 5.41) is 44.6. The van der Waals surface area contributed by atoms with Crippen molar-refractivity contribution in [3.63, 3.8) is 0 Å². The van der Waals surface area contributed by atoms with Crippen LogP contribution in [0.4, 0.5) is 0 Å². The highest BCUT2D eigenvalue weighted by atomic mass is 16.4.